The molecule has 0 saturated carbocycles. The molecule has 2 aromatic carbocycles. The number of aliphatic imine (C=N–C) groups is 1. The van der Waals surface area contributed by atoms with Crippen LogP contribution >= 0.6 is 24.0 Å². The Kier molecular flexibility index (Phi) is 10.6. The molecule has 0 saturated heterocycles. The summed E-state index contributed by atoms with van der Waals surface area (Å²) in [5, 5.41) is 9.61. The normalized spacial score (nSPS) is 12.4. The molecule has 3 N–H and O–H groups in total. The molecule has 0 aliphatic carbocycles. The first kappa shape index (κ1) is 25.0. The highest BCUT2D eigenvalue weighted by molar-refractivity contribution is 14.0. The Bertz CT molecular complexity index is 868. The molecule has 7 heteroatoms. The van der Waals surface area contributed by atoms with Crippen LogP contribution in [0.5, 0.6) is 5.75 Å². The van der Waals surface area contributed by atoms with Gasteiger partial charge in [0.05, 0.1) is 13.2 Å². The molecule has 0 atom stereocenters. The summed E-state index contributed by atoms with van der Waals surface area (Å²) in [5.74, 6) is 1.89. The maximum atomic E-state index is 11.7. The van der Waals surface area contributed by atoms with Crippen LogP contribution in [0.15, 0.2) is 47.5 Å². The van der Waals surface area contributed by atoms with Crippen molar-refractivity contribution in [1.82, 2.24) is 10.6 Å². The smallest absolute Gasteiger partial charge is 0.224 e. The lowest BCUT2D eigenvalue weighted by molar-refractivity contribution is -0.116. The van der Waals surface area contributed by atoms with Crippen molar-refractivity contribution in [3.63, 3.8) is 0 Å². The van der Waals surface area contributed by atoms with Gasteiger partial charge in [0.1, 0.15) is 5.75 Å². The average molecular weight is 536 g/mol. The zero-order chi connectivity index (χ0) is 21.2. The molecule has 3 rings (SSSR count). The third-order valence-corrected chi connectivity index (χ3v) is 4.94. The first-order chi connectivity index (χ1) is 14.7. The maximum absolute atomic E-state index is 11.7. The van der Waals surface area contributed by atoms with Gasteiger partial charge in [-0.15, -0.1) is 24.0 Å². The molecule has 0 bridgehead atoms. The van der Waals surface area contributed by atoms with E-state index in [9.17, 15) is 4.79 Å². The van der Waals surface area contributed by atoms with E-state index in [1.54, 1.807) is 0 Å². The van der Waals surface area contributed by atoms with Gasteiger partial charge < -0.3 is 20.7 Å². The molecule has 168 valence electrons. The van der Waals surface area contributed by atoms with Crippen LogP contribution in [0.1, 0.15) is 43.4 Å². The van der Waals surface area contributed by atoms with Crippen LogP contribution < -0.4 is 20.7 Å². The molecule has 6 nitrogen and oxygen atoms in total. The van der Waals surface area contributed by atoms with Crippen molar-refractivity contribution in [2.45, 2.75) is 46.1 Å². The number of halogens is 1. The van der Waals surface area contributed by atoms with E-state index in [4.69, 9.17) is 4.74 Å². The number of guanidine groups is 1. The van der Waals surface area contributed by atoms with Crippen LogP contribution in [0.2, 0.25) is 0 Å². The van der Waals surface area contributed by atoms with Crippen LogP contribution in [-0.2, 0) is 24.2 Å². The topological polar surface area (TPSA) is 74.8 Å². The van der Waals surface area contributed by atoms with Crippen molar-refractivity contribution in [2.75, 3.05) is 25.0 Å². The lowest BCUT2D eigenvalue weighted by Crippen LogP contribution is -2.38. The molecule has 0 spiro atoms. The van der Waals surface area contributed by atoms with Gasteiger partial charge in [0, 0.05) is 31.6 Å². The van der Waals surface area contributed by atoms with Gasteiger partial charge in [-0.1, -0.05) is 31.2 Å². The van der Waals surface area contributed by atoms with Gasteiger partial charge >= 0.3 is 0 Å². The monoisotopic (exact) mass is 536 g/mol. The van der Waals surface area contributed by atoms with Crippen LogP contribution in [0, 0.1) is 0 Å². The summed E-state index contributed by atoms with van der Waals surface area (Å²) < 4.78 is 5.57. The largest absolute Gasteiger partial charge is 0.493 e. The second-order valence-corrected chi connectivity index (χ2v) is 7.41. The van der Waals surface area contributed by atoms with Crippen molar-refractivity contribution in [2.24, 2.45) is 4.99 Å². The predicted molar refractivity (Wildman–Crippen MR) is 138 cm³/mol. The van der Waals surface area contributed by atoms with E-state index in [1.165, 1.54) is 11.1 Å². The van der Waals surface area contributed by atoms with E-state index in [-0.39, 0.29) is 29.9 Å². The van der Waals surface area contributed by atoms with E-state index >= 15 is 0 Å². The fraction of sp³-hybridized carbons (Fsp3) is 0.417. The minimum absolute atomic E-state index is 0. The van der Waals surface area contributed by atoms with Gasteiger partial charge in [-0.2, -0.15) is 0 Å². The molecule has 0 unspecified atom stereocenters. The third kappa shape index (κ3) is 8.05. The van der Waals surface area contributed by atoms with Crippen molar-refractivity contribution >= 4 is 41.5 Å². The summed E-state index contributed by atoms with van der Waals surface area (Å²) in [7, 11) is 0. The maximum Gasteiger partial charge on any atom is 0.224 e. The summed E-state index contributed by atoms with van der Waals surface area (Å²) in [6.45, 7) is 7.05. The molecule has 1 amide bonds. The third-order valence-electron chi connectivity index (χ3n) is 4.94. The Morgan fingerprint density at radius 1 is 1.06 bits per heavy atom. The second-order valence-electron chi connectivity index (χ2n) is 7.41. The number of carbonyl (C=O) groups is 1. The zero-order valence-electron chi connectivity index (χ0n) is 18.4. The molecule has 1 heterocycles. The van der Waals surface area contributed by atoms with Crippen molar-refractivity contribution in [1.29, 1.82) is 0 Å². The Balaban J connectivity index is 0.00000341. The van der Waals surface area contributed by atoms with Crippen molar-refractivity contribution in [3.05, 3.63) is 59.2 Å². The highest BCUT2D eigenvalue weighted by atomic mass is 127. The zero-order valence-corrected chi connectivity index (χ0v) is 20.7. The van der Waals surface area contributed by atoms with Crippen LogP contribution in [0.4, 0.5) is 5.69 Å². The van der Waals surface area contributed by atoms with Crippen molar-refractivity contribution in [3.8, 4) is 5.75 Å². The molecular weight excluding hydrogens is 503 g/mol. The van der Waals surface area contributed by atoms with Gasteiger partial charge in [-0.05, 0) is 54.7 Å². The molecule has 31 heavy (non-hydrogen) atoms. The molecule has 1 aliphatic rings. The van der Waals surface area contributed by atoms with E-state index in [2.05, 4.69) is 46.1 Å². The van der Waals surface area contributed by atoms with E-state index < -0.39 is 0 Å². The Morgan fingerprint density at radius 3 is 2.58 bits per heavy atom. The van der Waals surface area contributed by atoms with E-state index in [1.807, 2.05) is 31.2 Å². The quantitative estimate of drug-likeness (QED) is 0.254. The van der Waals surface area contributed by atoms with Gasteiger partial charge in [0.2, 0.25) is 5.91 Å². The summed E-state index contributed by atoms with van der Waals surface area (Å²) in [6.07, 6.45) is 3.33. The molecule has 2 aromatic rings. The highest BCUT2D eigenvalue weighted by Gasteiger charge is 2.11. The summed E-state index contributed by atoms with van der Waals surface area (Å²) in [6, 6.07) is 14.3. The number of anilines is 1. The van der Waals surface area contributed by atoms with E-state index in [0.717, 1.165) is 61.9 Å². The Labute approximate surface area is 202 Å². The molecule has 1 aliphatic heterocycles. The Morgan fingerprint density at radius 2 is 1.84 bits per heavy atom. The minimum atomic E-state index is 0. The number of nitrogens with zero attached hydrogens (tertiary/aromatic N) is 1. The first-order valence-corrected chi connectivity index (χ1v) is 10.8. The number of rotatable bonds is 9. The lowest BCUT2D eigenvalue weighted by Gasteiger charge is -2.12. The minimum Gasteiger partial charge on any atom is -0.493 e. The SMILES string of the molecule is CCCC(=O)Nc1ccc(CN=C(NCC)NCCc2ccc3c(c2)CCO3)cc1.I. The molecule has 0 aromatic heterocycles. The van der Waals surface area contributed by atoms with E-state index in [0.29, 0.717) is 13.0 Å². The van der Waals surface area contributed by atoms with Gasteiger partial charge in [-0.3, -0.25) is 4.79 Å². The summed E-state index contributed by atoms with van der Waals surface area (Å²) in [4.78, 5) is 16.4. The fourth-order valence-electron chi connectivity index (χ4n) is 3.38. The molecule has 0 fully saturated rings. The number of nitrogens with one attached hydrogen (secondary N) is 3. The van der Waals surface area contributed by atoms with Gasteiger partial charge in [0.15, 0.2) is 5.96 Å². The number of ether oxygens (including phenoxy) is 1. The fourth-order valence-corrected chi connectivity index (χ4v) is 3.38. The standard InChI is InChI=1S/C24H32N4O2.HI/c1-3-5-23(29)28-21-9-6-19(7-10-21)17-27-24(25-4-2)26-14-12-18-8-11-22-20(16-18)13-15-30-22;/h6-11,16H,3-5,12-15,17H2,1-2H3,(H,28,29)(H2,25,26,27);1H. The number of fused-ring (bicyclic) bond motifs is 1. The number of hydrogen-bond donors (Lipinski definition) is 3. The summed E-state index contributed by atoms with van der Waals surface area (Å²) >= 11 is 0. The number of benzene rings is 2. The first-order valence-electron chi connectivity index (χ1n) is 10.8. The second kappa shape index (κ2) is 13.2. The predicted octanol–water partition coefficient (Wildman–Crippen LogP) is 4.28. The van der Waals surface area contributed by atoms with Crippen LogP contribution in [-0.4, -0.2) is 31.6 Å². The number of hydrogen-bond acceptors (Lipinski definition) is 3. The van der Waals surface area contributed by atoms with Crippen LogP contribution in [0.25, 0.3) is 0 Å². The number of carbonyl (C=O) groups excluding carboxylic acids is 1. The van der Waals surface area contributed by atoms with Gasteiger partial charge in [0.25, 0.3) is 0 Å². The average Bonchev–Trinajstić information content (AvgIpc) is 3.21. The highest BCUT2D eigenvalue weighted by Crippen LogP contribution is 2.25. The molecule has 0 radical (unpaired) electrons. The number of amides is 1. The van der Waals surface area contributed by atoms with Crippen molar-refractivity contribution < 1.29 is 9.53 Å². The summed E-state index contributed by atoms with van der Waals surface area (Å²) in [5.41, 5.74) is 4.54. The Hall–Kier alpha value is -2.29. The molecular formula is C24H33IN4O2. The van der Waals surface area contributed by atoms with Crippen LogP contribution in [0.3, 0.4) is 0 Å². The lowest BCUT2D eigenvalue weighted by atomic mass is 10.1. The van der Waals surface area contributed by atoms with Gasteiger partial charge in [-0.25, -0.2) is 4.99 Å².